The lowest BCUT2D eigenvalue weighted by Crippen LogP contribution is -2.63. The van der Waals surface area contributed by atoms with Crippen LogP contribution in [-0.4, -0.2) is 136 Å². The summed E-state index contributed by atoms with van der Waals surface area (Å²) in [5.41, 5.74) is 3.37. The van der Waals surface area contributed by atoms with Gasteiger partial charge in [0, 0.05) is 31.9 Å². The van der Waals surface area contributed by atoms with Crippen molar-refractivity contribution in [2.45, 2.75) is 174 Å². The summed E-state index contributed by atoms with van der Waals surface area (Å²) in [7, 11) is -2.56. The number of esters is 2. The summed E-state index contributed by atoms with van der Waals surface area (Å²) < 4.78 is 34.8. The van der Waals surface area contributed by atoms with Crippen molar-refractivity contribution in [2.24, 2.45) is 0 Å². The average molecular weight is 1370 g/mol. The van der Waals surface area contributed by atoms with Gasteiger partial charge in [0.2, 0.25) is 43.5 Å². The van der Waals surface area contributed by atoms with Gasteiger partial charge in [0.15, 0.2) is 0 Å². The molecule has 0 aliphatic rings. The highest BCUT2D eigenvalue weighted by molar-refractivity contribution is 7.10. The Morgan fingerprint density at radius 1 is 0.404 bits per heavy atom. The zero-order valence-corrected chi connectivity index (χ0v) is 60.3. The van der Waals surface area contributed by atoms with E-state index < -0.39 is 115 Å². The van der Waals surface area contributed by atoms with E-state index in [0.717, 1.165) is 5.56 Å². The van der Waals surface area contributed by atoms with Crippen LogP contribution in [0.5, 0.6) is 11.5 Å². The molecular formula is C78H98N6O14Si. The van der Waals surface area contributed by atoms with Crippen molar-refractivity contribution in [3.63, 3.8) is 0 Å². The van der Waals surface area contributed by atoms with E-state index >= 15 is 0 Å². The number of anilines is 1. The molecular weight excluding hydrogens is 1270 g/mol. The van der Waals surface area contributed by atoms with Gasteiger partial charge in [-0.25, -0.2) is 0 Å². The fourth-order valence-electron chi connectivity index (χ4n) is 10.8. The van der Waals surface area contributed by atoms with Crippen LogP contribution in [0.3, 0.4) is 0 Å². The van der Waals surface area contributed by atoms with Crippen LogP contribution >= 0.6 is 0 Å². The highest BCUT2D eigenvalue weighted by Gasteiger charge is 2.47. The van der Waals surface area contributed by atoms with E-state index in [-0.39, 0.29) is 49.8 Å². The van der Waals surface area contributed by atoms with Crippen molar-refractivity contribution in [2.75, 3.05) is 38.4 Å². The minimum atomic E-state index is -2.56. The summed E-state index contributed by atoms with van der Waals surface area (Å²) in [6, 6.07) is 44.6. The zero-order valence-electron chi connectivity index (χ0n) is 59.3. The van der Waals surface area contributed by atoms with Crippen LogP contribution in [0.15, 0.2) is 170 Å². The Kier molecular flexibility index (Phi) is 29.1. The third-order valence-corrected chi connectivity index (χ3v) is 20.3. The number of amides is 6. The first-order chi connectivity index (χ1) is 46.8. The number of ether oxygens (including phenoxy) is 6. The van der Waals surface area contributed by atoms with E-state index in [9.17, 15) is 38.4 Å². The lowest BCUT2D eigenvalue weighted by Gasteiger charge is -2.39. The van der Waals surface area contributed by atoms with E-state index in [1.807, 2.05) is 39.0 Å². The molecule has 0 unspecified atom stereocenters. The molecule has 0 heterocycles. The van der Waals surface area contributed by atoms with Gasteiger partial charge < -0.3 is 60.3 Å². The molecule has 0 aliphatic heterocycles. The fraction of sp³-hybridized carbons (Fsp3) is 0.410. The largest absolute Gasteiger partial charge is 0.491 e. The maximum atomic E-state index is 15.0. The monoisotopic (exact) mass is 1370 g/mol. The Morgan fingerprint density at radius 3 is 1.20 bits per heavy atom. The summed E-state index contributed by atoms with van der Waals surface area (Å²) in [5, 5.41) is 18.6. The molecule has 0 saturated heterocycles. The topological polar surface area (TPSA) is 264 Å². The second-order valence-electron chi connectivity index (χ2n) is 28.1. The number of benzene rings is 6. The SMILES string of the molecule is CC(=O)N[C@@H](Cc1ccccc1)C(=O)N[C@@H](Cc1ccc(OC(C)(C)C)cc1)C(=O)N[C@@H](Cc1ccccc1)C(=O)N[C@@H](CC(=O)OC(C)(C)C)C(=O)N[C@@H](CC(=O)OC(C)(C)C)C(=O)Nc1ccc(OCCOCCOCC#C[Si](c2ccccc2)(c2ccccc2)C(C)(C)C)cc1. The maximum Gasteiger partial charge on any atom is 0.308 e. The minimum absolute atomic E-state index is 0.0861. The van der Waals surface area contributed by atoms with Gasteiger partial charge in [-0.1, -0.05) is 160 Å². The van der Waals surface area contributed by atoms with Crippen LogP contribution in [0.25, 0.3) is 0 Å². The van der Waals surface area contributed by atoms with Gasteiger partial charge in [0.05, 0.1) is 32.7 Å². The molecule has 0 spiro atoms. The van der Waals surface area contributed by atoms with Crippen molar-refractivity contribution < 1.29 is 66.8 Å². The molecule has 6 amide bonds. The molecule has 0 aromatic heterocycles. The Hall–Kier alpha value is -9.62. The van der Waals surface area contributed by atoms with Crippen LogP contribution in [0, 0.1) is 11.5 Å². The molecule has 0 saturated carbocycles. The number of nitrogens with one attached hydrogen (secondary N) is 6. The summed E-state index contributed by atoms with van der Waals surface area (Å²) in [4.78, 5) is 113. The number of hydrogen-bond donors (Lipinski definition) is 6. The molecule has 5 atom stereocenters. The van der Waals surface area contributed by atoms with Crippen molar-refractivity contribution in [1.29, 1.82) is 0 Å². The molecule has 0 aliphatic carbocycles. The lowest BCUT2D eigenvalue weighted by molar-refractivity contribution is -0.158. The fourth-order valence-corrected chi connectivity index (χ4v) is 15.2. The van der Waals surface area contributed by atoms with E-state index in [2.05, 4.69) is 113 Å². The van der Waals surface area contributed by atoms with Crippen LogP contribution in [0.1, 0.15) is 120 Å². The van der Waals surface area contributed by atoms with E-state index in [1.54, 1.807) is 145 Å². The molecule has 0 bridgehead atoms. The van der Waals surface area contributed by atoms with E-state index in [1.165, 1.54) is 17.3 Å². The van der Waals surface area contributed by atoms with Crippen LogP contribution in [0.2, 0.25) is 5.04 Å². The van der Waals surface area contributed by atoms with Crippen LogP contribution in [0.4, 0.5) is 5.69 Å². The van der Waals surface area contributed by atoms with Gasteiger partial charge in [-0.15, -0.1) is 5.54 Å². The van der Waals surface area contributed by atoms with Crippen LogP contribution < -0.4 is 51.7 Å². The van der Waals surface area contributed by atoms with Gasteiger partial charge in [0.1, 0.15) is 71.7 Å². The first-order valence-corrected chi connectivity index (χ1v) is 35.3. The highest BCUT2D eigenvalue weighted by atomic mass is 28.3. The molecule has 6 rings (SSSR count). The molecule has 6 N–H and O–H groups in total. The first kappa shape index (κ1) is 78.4. The molecule has 20 nitrogen and oxygen atoms in total. The summed E-state index contributed by atoms with van der Waals surface area (Å²) >= 11 is 0. The van der Waals surface area contributed by atoms with Crippen molar-refractivity contribution >= 4 is 71.5 Å². The Balaban J connectivity index is 1.16. The second-order valence-corrected chi connectivity index (χ2v) is 32.5. The smallest absolute Gasteiger partial charge is 0.308 e. The average Bonchev–Trinajstić information content (AvgIpc) is 0.750. The molecule has 528 valence electrons. The summed E-state index contributed by atoms with van der Waals surface area (Å²) in [6.07, 6.45) is -1.60. The lowest BCUT2D eigenvalue weighted by atomic mass is 10.0. The standard InChI is InChI=1S/C78H98N6O14Si/c1-54(85)79-63(49-55-27-18-14-19-28-55)71(89)81-65(51-57-35-39-60(40-36-57)96-75(2,3)4)72(90)82-64(50-56-29-20-15-21-30-56)73(91)84-67(53-69(87)98-77(8,9)10)74(92)83-66(52-68(86)97-76(5,6)7)70(88)80-58-37-41-59(42-38-58)95-47-46-94-45-44-93-43-26-48-99(78(11,12)13,61-31-22-16-23-32-61)62-33-24-17-25-34-62/h14-25,27-42,63-67H,43-47,49-53H2,1-13H3,(H,79,85)(H,80,88)(H,81,89)(H,82,90)(H,83,92)(H,84,91)/t63-,64-,65-,66-,67-/m0/s1. The predicted octanol–water partition coefficient (Wildman–Crippen LogP) is 8.46. The Morgan fingerprint density at radius 2 is 0.778 bits per heavy atom. The molecule has 0 radical (unpaired) electrons. The van der Waals surface area contributed by atoms with Crippen molar-refractivity contribution in [3.8, 4) is 23.0 Å². The second kappa shape index (κ2) is 36.8. The minimum Gasteiger partial charge on any atom is -0.491 e. The van der Waals surface area contributed by atoms with Gasteiger partial charge in [-0.2, -0.15) is 0 Å². The summed E-state index contributed by atoms with van der Waals surface area (Å²) in [5.74, 6) is -2.22. The third kappa shape index (κ3) is 27.0. The van der Waals surface area contributed by atoms with Crippen molar-refractivity contribution in [1.82, 2.24) is 26.6 Å². The maximum absolute atomic E-state index is 15.0. The van der Waals surface area contributed by atoms with Gasteiger partial charge >= 0.3 is 11.9 Å². The van der Waals surface area contributed by atoms with Crippen molar-refractivity contribution in [3.05, 3.63) is 187 Å². The van der Waals surface area contributed by atoms with Gasteiger partial charge in [-0.05, 0) is 131 Å². The molecule has 99 heavy (non-hydrogen) atoms. The highest BCUT2D eigenvalue weighted by Crippen LogP contribution is 2.35. The number of carbonyl (C=O) groups excluding carboxylic acids is 8. The number of carbonyl (C=O) groups is 8. The third-order valence-electron chi connectivity index (χ3n) is 15.1. The van der Waals surface area contributed by atoms with Crippen LogP contribution in [-0.2, 0) is 76.6 Å². The quantitative estimate of drug-likeness (QED) is 0.0100. The molecule has 6 aromatic carbocycles. The number of rotatable bonds is 32. The van der Waals surface area contributed by atoms with E-state index in [4.69, 9.17) is 28.4 Å². The molecule has 21 heteroatoms. The summed E-state index contributed by atoms with van der Waals surface area (Å²) in [6.45, 7) is 24.8. The zero-order chi connectivity index (χ0) is 72.4. The Bertz CT molecular complexity index is 3630. The molecule has 0 fully saturated rings. The predicted molar refractivity (Wildman–Crippen MR) is 385 cm³/mol. The number of hydrogen-bond acceptors (Lipinski definition) is 14. The normalized spacial score (nSPS) is 13.2. The first-order valence-electron chi connectivity index (χ1n) is 33.3. The van der Waals surface area contributed by atoms with Gasteiger partial charge in [-0.3, -0.25) is 38.4 Å². The Labute approximate surface area is 584 Å². The van der Waals surface area contributed by atoms with Gasteiger partial charge in [0.25, 0.3) is 0 Å². The molecule has 6 aromatic rings. The van der Waals surface area contributed by atoms with E-state index in [0.29, 0.717) is 35.8 Å².